The monoisotopic (exact) mass is 474 g/mol. The minimum atomic E-state index is 0.413. The summed E-state index contributed by atoms with van der Waals surface area (Å²) in [5.41, 5.74) is 1.52. The van der Waals surface area contributed by atoms with E-state index < -0.39 is 0 Å². The molecule has 0 spiro atoms. The molecule has 9 nitrogen and oxygen atoms in total. The van der Waals surface area contributed by atoms with Crippen LogP contribution in [-0.2, 0) is 5.75 Å². The van der Waals surface area contributed by atoms with Gasteiger partial charge in [-0.05, 0) is 46.8 Å². The summed E-state index contributed by atoms with van der Waals surface area (Å²) in [6.45, 7) is 0. The summed E-state index contributed by atoms with van der Waals surface area (Å²) in [5, 5.41) is 20.7. The van der Waals surface area contributed by atoms with Crippen molar-refractivity contribution in [2.75, 3.05) is 14.2 Å². The maximum atomic E-state index is 5.75. The molecule has 4 rings (SSSR count). The third kappa shape index (κ3) is 4.25. The largest absolute Gasteiger partial charge is 0.497 e. The van der Waals surface area contributed by atoms with Gasteiger partial charge in [-0.25, -0.2) is 0 Å². The van der Waals surface area contributed by atoms with E-state index in [1.54, 1.807) is 31.0 Å². The summed E-state index contributed by atoms with van der Waals surface area (Å²) in [6, 6.07) is 13.1. The standard InChI is InChI=1S/C18H15BrN6O3S/c1-26-13-7-8-15(27-2)14(9-13)25-18(22-23-24-25)29-10-16-20-21-17(28-16)11-3-5-12(19)6-4-11/h3-9H,10H2,1-2H3. The van der Waals surface area contributed by atoms with Crippen LogP contribution < -0.4 is 9.47 Å². The number of tetrazole rings is 1. The molecule has 0 aliphatic carbocycles. The Bertz CT molecular complexity index is 1110. The van der Waals surface area contributed by atoms with E-state index in [0.717, 1.165) is 10.0 Å². The molecule has 11 heteroatoms. The summed E-state index contributed by atoms with van der Waals surface area (Å²) in [7, 11) is 3.18. The third-order valence-electron chi connectivity index (χ3n) is 3.94. The molecule has 0 radical (unpaired) electrons. The van der Waals surface area contributed by atoms with Crippen LogP contribution in [0.2, 0.25) is 0 Å². The lowest BCUT2D eigenvalue weighted by Crippen LogP contribution is -2.02. The number of ether oxygens (including phenoxy) is 2. The predicted molar refractivity (Wildman–Crippen MR) is 109 cm³/mol. The highest BCUT2D eigenvalue weighted by Gasteiger charge is 2.16. The lowest BCUT2D eigenvalue weighted by atomic mass is 10.2. The minimum Gasteiger partial charge on any atom is -0.497 e. The van der Waals surface area contributed by atoms with E-state index >= 15 is 0 Å². The topological polar surface area (TPSA) is 101 Å². The van der Waals surface area contributed by atoms with E-state index in [-0.39, 0.29) is 0 Å². The first-order valence-corrected chi connectivity index (χ1v) is 10.2. The summed E-state index contributed by atoms with van der Waals surface area (Å²) >= 11 is 4.78. The van der Waals surface area contributed by atoms with E-state index in [4.69, 9.17) is 13.9 Å². The maximum Gasteiger partial charge on any atom is 0.247 e. The summed E-state index contributed by atoms with van der Waals surface area (Å²) in [6.07, 6.45) is 0. The molecule has 4 aromatic rings. The van der Waals surface area contributed by atoms with Crippen LogP contribution in [-0.4, -0.2) is 44.6 Å². The molecule has 2 aromatic heterocycles. The number of halogens is 1. The van der Waals surface area contributed by atoms with Crippen molar-refractivity contribution in [2.45, 2.75) is 10.9 Å². The zero-order valence-electron chi connectivity index (χ0n) is 15.4. The Balaban J connectivity index is 1.53. The molecular formula is C18H15BrN6O3S. The average molecular weight is 475 g/mol. The normalized spacial score (nSPS) is 10.9. The molecule has 0 saturated carbocycles. The van der Waals surface area contributed by atoms with Crippen LogP contribution in [0.5, 0.6) is 11.5 Å². The zero-order chi connectivity index (χ0) is 20.2. The van der Waals surface area contributed by atoms with Crippen molar-refractivity contribution in [3.8, 4) is 28.6 Å². The van der Waals surface area contributed by atoms with Gasteiger partial charge in [0.15, 0.2) is 0 Å². The highest BCUT2D eigenvalue weighted by atomic mass is 79.9. The van der Waals surface area contributed by atoms with E-state index in [1.165, 1.54) is 11.8 Å². The number of rotatable bonds is 7. The smallest absolute Gasteiger partial charge is 0.247 e. The van der Waals surface area contributed by atoms with Crippen molar-refractivity contribution in [2.24, 2.45) is 0 Å². The first kappa shape index (κ1) is 19.4. The Kier molecular flexibility index (Phi) is 5.76. The Morgan fingerprint density at radius 1 is 1.03 bits per heavy atom. The summed E-state index contributed by atoms with van der Waals surface area (Å²) < 4.78 is 19.0. The molecule has 0 aliphatic rings. The van der Waals surface area contributed by atoms with Gasteiger partial charge in [-0.2, -0.15) is 4.68 Å². The fourth-order valence-corrected chi connectivity index (χ4v) is 3.51. The van der Waals surface area contributed by atoms with Crippen molar-refractivity contribution in [3.63, 3.8) is 0 Å². The van der Waals surface area contributed by atoms with Crippen molar-refractivity contribution in [3.05, 3.63) is 52.8 Å². The number of nitrogens with zero attached hydrogens (tertiary/aromatic N) is 6. The van der Waals surface area contributed by atoms with Crippen LogP contribution in [0.1, 0.15) is 5.89 Å². The Labute approximate surface area is 178 Å². The summed E-state index contributed by atoms with van der Waals surface area (Å²) in [4.78, 5) is 0. The lowest BCUT2D eigenvalue weighted by molar-refractivity contribution is 0.399. The van der Waals surface area contributed by atoms with Crippen molar-refractivity contribution < 1.29 is 13.9 Å². The van der Waals surface area contributed by atoms with Crippen LogP contribution in [0.4, 0.5) is 0 Å². The van der Waals surface area contributed by atoms with Crippen molar-refractivity contribution in [1.82, 2.24) is 30.4 Å². The fraction of sp³-hybridized carbons (Fsp3) is 0.167. The average Bonchev–Trinajstić information content (AvgIpc) is 3.41. The molecule has 0 bridgehead atoms. The molecule has 148 valence electrons. The van der Waals surface area contributed by atoms with Gasteiger partial charge >= 0.3 is 0 Å². The molecule has 0 atom stereocenters. The fourth-order valence-electron chi connectivity index (χ4n) is 2.53. The summed E-state index contributed by atoms with van der Waals surface area (Å²) in [5.74, 6) is 2.64. The second-order valence-electron chi connectivity index (χ2n) is 5.71. The molecule has 0 amide bonds. The van der Waals surface area contributed by atoms with Gasteiger partial charge in [-0.15, -0.1) is 15.3 Å². The van der Waals surface area contributed by atoms with Crippen LogP contribution in [0.25, 0.3) is 17.1 Å². The lowest BCUT2D eigenvalue weighted by Gasteiger charge is -2.10. The number of thioether (sulfide) groups is 1. The highest BCUT2D eigenvalue weighted by Crippen LogP contribution is 2.31. The molecule has 0 aliphatic heterocycles. The van der Waals surface area contributed by atoms with Crippen molar-refractivity contribution in [1.29, 1.82) is 0 Å². The third-order valence-corrected chi connectivity index (χ3v) is 5.37. The number of hydrogen-bond acceptors (Lipinski definition) is 9. The first-order valence-electron chi connectivity index (χ1n) is 8.40. The van der Waals surface area contributed by atoms with Crippen LogP contribution in [0.3, 0.4) is 0 Å². The van der Waals surface area contributed by atoms with E-state index in [0.29, 0.717) is 39.9 Å². The van der Waals surface area contributed by atoms with Gasteiger partial charge in [0.25, 0.3) is 0 Å². The molecular weight excluding hydrogens is 460 g/mol. The second kappa shape index (κ2) is 8.62. The molecule has 29 heavy (non-hydrogen) atoms. The number of hydrogen-bond donors (Lipinski definition) is 0. The highest BCUT2D eigenvalue weighted by molar-refractivity contribution is 9.10. The SMILES string of the molecule is COc1ccc(OC)c(-n2nnnc2SCc2nnc(-c3ccc(Br)cc3)o2)c1. The van der Waals surface area contributed by atoms with Crippen molar-refractivity contribution >= 4 is 27.7 Å². The quantitative estimate of drug-likeness (QED) is 0.370. The maximum absolute atomic E-state index is 5.75. The van der Waals surface area contributed by atoms with Crippen LogP contribution in [0, 0.1) is 0 Å². The Morgan fingerprint density at radius 3 is 2.62 bits per heavy atom. The number of aromatic nitrogens is 6. The van der Waals surface area contributed by atoms with Crippen LogP contribution >= 0.6 is 27.7 Å². The van der Waals surface area contributed by atoms with E-state index in [2.05, 4.69) is 41.7 Å². The van der Waals surface area contributed by atoms with Gasteiger partial charge in [0.2, 0.25) is 16.9 Å². The molecule has 0 N–H and O–H groups in total. The van der Waals surface area contributed by atoms with E-state index in [9.17, 15) is 0 Å². The van der Waals surface area contributed by atoms with E-state index in [1.807, 2.05) is 30.3 Å². The van der Waals surface area contributed by atoms with Gasteiger partial charge in [0.05, 0.1) is 20.0 Å². The first-order chi connectivity index (χ1) is 14.2. The Hall–Kier alpha value is -2.92. The predicted octanol–water partition coefficient (Wildman–Crippen LogP) is 3.78. The minimum absolute atomic E-state index is 0.413. The molecule has 2 heterocycles. The Morgan fingerprint density at radius 2 is 1.86 bits per heavy atom. The van der Waals surface area contributed by atoms with Gasteiger partial charge in [0.1, 0.15) is 17.2 Å². The molecule has 0 saturated heterocycles. The molecule has 2 aromatic carbocycles. The van der Waals surface area contributed by atoms with Gasteiger partial charge in [-0.3, -0.25) is 0 Å². The number of benzene rings is 2. The van der Waals surface area contributed by atoms with Crippen LogP contribution in [0.15, 0.2) is 56.5 Å². The van der Waals surface area contributed by atoms with Gasteiger partial charge in [-0.1, -0.05) is 27.7 Å². The second-order valence-corrected chi connectivity index (χ2v) is 7.57. The van der Waals surface area contributed by atoms with Gasteiger partial charge < -0.3 is 13.9 Å². The zero-order valence-corrected chi connectivity index (χ0v) is 17.8. The molecule has 0 fully saturated rings. The molecule has 0 unspecified atom stereocenters. The number of methoxy groups -OCH3 is 2. The van der Waals surface area contributed by atoms with Gasteiger partial charge in [0, 0.05) is 16.1 Å².